The third-order valence-corrected chi connectivity index (χ3v) is 2.10. The summed E-state index contributed by atoms with van der Waals surface area (Å²) in [6.07, 6.45) is 10.4. The summed E-state index contributed by atoms with van der Waals surface area (Å²) in [4.78, 5) is 21.2. The summed E-state index contributed by atoms with van der Waals surface area (Å²) in [5.41, 5.74) is 0.773. The van der Waals surface area contributed by atoms with Crippen LogP contribution in [0, 0.1) is 5.92 Å². The maximum absolute atomic E-state index is 10.9. The van der Waals surface area contributed by atoms with Crippen molar-refractivity contribution in [2.24, 2.45) is 5.92 Å². The molecule has 1 aliphatic rings. The molecule has 1 N–H and O–H groups in total. The molecule has 0 fully saturated rings. The normalized spacial score (nSPS) is 17.0. The monoisotopic (exact) mass is 192 g/mol. The zero-order valence-electron chi connectivity index (χ0n) is 7.72. The van der Waals surface area contributed by atoms with Crippen molar-refractivity contribution in [3.05, 3.63) is 36.0 Å². The van der Waals surface area contributed by atoms with Crippen molar-refractivity contribution in [2.75, 3.05) is 0 Å². The maximum Gasteiger partial charge on any atom is 0.311 e. The number of allylic oxidation sites excluding steroid dienone is 5. The number of rotatable bonds is 4. The fourth-order valence-electron chi connectivity index (χ4n) is 1.36. The van der Waals surface area contributed by atoms with Crippen LogP contribution in [0.1, 0.15) is 12.8 Å². The minimum absolute atomic E-state index is 0.0445. The molecule has 0 unspecified atom stereocenters. The van der Waals surface area contributed by atoms with Crippen LogP contribution in [0.5, 0.6) is 0 Å². The summed E-state index contributed by atoms with van der Waals surface area (Å²) in [7, 11) is 0. The van der Waals surface area contributed by atoms with Gasteiger partial charge in [-0.3, -0.25) is 4.79 Å². The van der Waals surface area contributed by atoms with Crippen molar-refractivity contribution in [1.29, 1.82) is 0 Å². The van der Waals surface area contributed by atoms with Crippen molar-refractivity contribution >= 4 is 12.3 Å². The van der Waals surface area contributed by atoms with Crippen LogP contribution in [0.3, 0.4) is 0 Å². The molecule has 1 rings (SSSR count). The molecule has 0 aromatic carbocycles. The third-order valence-electron chi connectivity index (χ3n) is 2.10. The van der Waals surface area contributed by atoms with Crippen molar-refractivity contribution in [1.82, 2.24) is 0 Å². The Kier molecular flexibility index (Phi) is 3.85. The van der Waals surface area contributed by atoms with Crippen LogP contribution >= 0.6 is 0 Å². The zero-order chi connectivity index (χ0) is 10.4. The Balaban J connectivity index is 2.81. The highest BCUT2D eigenvalue weighted by atomic mass is 16.4. The molecule has 0 aromatic rings. The highest BCUT2D eigenvalue weighted by Gasteiger charge is 2.20. The standard InChI is InChI=1S/C11H12O3/c12-8-7-10(11(13)14)9-5-3-1-2-4-6-9/h1-5,8,10H,6-7H2,(H,13,14)/t10-/m1/s1. The lowest BCUT2D eigenvalue weighted by atomic mass is 9.93. The van der Waals surface area contributed by atoms with Crippen molar-refractivity contribution < 1.29 is 14.7 Å². The first-order valence-corrected chi connectivity index (χ1v) is 4.44. The zero-order valence-corrected chi connectivity index (χ0v) is 7.72. The fourth-order valence-corrected chi connectivity index (χ4v) is 1.36. The van der Waals surface area contributed by atoms with E-state index >= 15 is 0 Å². The number of hydrogen-bond acceptors (Lipinski definition) is 2. The van der Waals surface area contributed by atoms with Gasteiger partial charge in [0.1, 0.15) is 6.29 Å². The van der Waals surface area contributed by atoms with Crippen molar-refractivity contribution in [3.63, 3.8) is 0 Å². The lowest BCUT2D eigenvalue weighted by Crippen LogP contribution is -2.16. The molecule has 0 saturated heterocycles. The van der Waals surface area contributed by atoms with Crippen molar-refractivity contribution in [3.8, 4) is 0 Å². The summed E-state index contributed by atoms with van der Waals surface area (Å²) in [5.74, 6) is -1.62. The Morgan fingerprint density at radius 3 is 2.93 bits per heavy atom. The van der Waals surface area contributed by atoms with E-state index in [9.17, 15) is 9.59 Å². The number of carbonyl (C=O) groups excluding carboxylic acids is 1. The Labute approximate surface area is 82.4 Å². The largest absolute Gasteiger partial charge is 0.481 e. The van der Waals surface area contributed by atoms with E-state index in [-0.39, 0.29) is 6.42 Å². The van der Waals surface area contributed by atoms with Gasteiger partial charge in [-0.05, 0) is 6.42 Å². The van der Waals surface area contributed by atoms with Gasteiger partial charge >= 0.3 is 5.97 Å². The first-order valence-electron chi connectivity index (χ1n) is 4.44. The van der Waals surface area contributed by atoms with Gasteiger partial charge in [0.15, 0.2) is 0 Å². The van der Waals surface area contributed by atoms with E-state index in [1.54, 1.807) is 12.2 Å². The van der Waals surface area contributed by atoms with Gasteiger partial charge in [0, 0.05) is 6.42 Å². The minimum atomic E-state index is -0.938. The molecule has 0 saturated carbocycles. The molecule has 74 valence electrons. The number of carbonyl (C=O) groups is 2. The minimum Gasteiger partial charge on any atom is -0.481 e. The van der Waals surface area contributed by atoms with Gasteiger partial charge < -0.3 is 9.90 Å². The molecular formula is C11H12O3. The molecule has 14 heavy (non-hydrogen) atoms. The predicted molar refractivity (Wildman–Crippen MR) is 52.8 cm³/mol. The highest BCUT2D eigenvalue weighted by Crippen LogP contribution is 2.20. The molecule has 3 nitrogen and oxygen atoms in total. The predicted octanol–water partition coefficient (Wildman–Crippen LogP) is 1.72. The van der Waals surface area contributed by atoms with E-state index < -0.39 is 11.9 Å². The maximum atomic E-state index is 10.9. The molecule has 0 radical (unpaired) electrons. The van der Waals surface area contributed by atoms with Crippen LogP contribution in [0.25, 0.3) is 0 Å². The smallest absolute Gasteiger partial charge is 0.311 e. The van der Waals surface area contributed by atoms with E-state index in [0.29, 0.717) is 12.7 Å². The van der Waals surface area contributed by atoms with Crippen LogP contribution < -0.4 is 0 Å². The van der Waals surface area contributed by atoms with Gasteiger partial charge in [0.2, 0.25) is 0 Å². The van der Waals surface area contributed by atoms with E-state index in [1.807, 2.05) is 18.2 Å². The van der Waals surface area contributed by atoms with Crippen LogP contribution in [0.2, 0.25) is 0 Å². The Morgan fingerprint density at radius 1 is 1.50 bits per heavy atom. The second kappa shape index (κ2) is 5.17. The van der Waals surface area contributed by atoms with Crippen molar-refractivity contribution in [2.45, 2.75) is 12.8 Å². The molecule has 1 aliphatic carbocycles. The number of aldehydes is 1. The van der Waals surface area contributed by atoms with E-state index in [1.165, 1.54) is 0 Å². The lowest BCUT2D eigenvalue weighted by Gasteiger charge is -2.11. The summed E-state index contributed by atoms with van der Waals surface area (Å²) < 4.78 is 0. The molecule has 0 bridgehead atoms. The first kappa shape index (κ1) is 10.4. The summed E-state index contributed by atoms with van der Waals surface area (Å²) in [5, 5.41) is 8.90. The van der Waals surface area contributed by atoms with Gasteiger partial charge in [-0.25, -0.2) is 0 Å². The van der Waals surface area contributed by atoms with Crippen LogP contribution in [-0.4, -0.2) is 17.4 Å². The number of carboxylic acids is 1. The number of aliphatic carboxylic acids is 1. The van der Waals surface area contributed by atoms with Gasteiger partial charge in [0.25, 0.3) is 0 Å². The van der Waals surface area contributed by atoms with E-state index in [4.69, 9.17) is 5.11 Å². The topological polar surface area (TPSA) is 54.4 Å². The second-order valence-corrected chi connectivity index (χ2v) is 3.05. The molecule has 0 aromatic heterocycles. The SMILES string of the molecule is O=CC[C@@H](C(=O)O)C1=CC=CC=CC1. The summed E-state index contributed by atoms with van der Waals surface area (Å²) in [6.45, 7) is 0. The van der Waals surface area contributed by atoms with Crippen LogP contribution in [-0.2, 0) is 9.59 Å². The van der Waals surface area contributed by atoms with E-state index in [0.717, 1.165) is 5.57 Å². The average molecular weight is 192 g/mol. The van der Waals surface area contributed by atoms with E-state index in [2.05, 4.69) is 0 Å². The van der Waals surface area contributed by atoms with Gasteiger partial charge in [-0.1, -0.05) is 36.0 Å². The Hall–Kier alpha value is -1.64. The third kappa shape index (κ3) is 2.69. The molecule has 0 amide bonds. The molecule has 0 heterocycles. The highest BCUT2D eigenvalue weighted by molar-refractivity contribution is 5.77. The van der Waals surface area contributed by atoms with Crippen LogP contribution in [0.4, 0.5) is 0 Å². The molecular weight excluding hydrogens is 180 g/mol. The van der Waals surface area contributed by atoms with Crippen LogP contribution in [0.15, 0.2) is 36.0 Å². The summed E-state index contributed by atoms with van der Waals surface area (Å²) >= 11 is 0. The van der Waals surface area contributed by atoms with Gasteiger partial charge in [-0.15, -0.1) is 0 Å². The molecule has 3 heteroatoms. The number of hydrogen-bond donors (Lipinski definition) is 1. The first-order chi connectivity index (χ1) is 6.75. The average Bonchev–Trinajstić information content (AvgIpc) is 2.41. The fraction of sp³-hybridized carbons (Fsp3) is 0.273. The van der Waals surface area contributed by atoms with Gasteiger partial charge in [0.05, 0.1) is 5.92 Å². The second-order valence-electron chi connectivity index (χ2n) is 3.05. The molecule has 0 aliphatic heterocycles. The summed E-state index contributed by atoms with van der Waals surface area (Å²) in [6, 6.07) is 0. The van der Waals surface area contributed by atoms with Gasteiger partial charge in [-0.2, -0.15) is 0 Å². The number of carboxylic acid groups (broad SMARTS) is 1. The Bertz CT molecular complexity index is 310. The molecule has 0 spiro atoms. The lowest BCUT2D eigenvalue weighted by molar-refractivity contribution is -0.141. The quantitative estimate of drug-likeness (QED) is 0.690. The Morgan fingerprint density at radius 2 is 2.29 bits per heavy atom. The molecule has 1 atom stereocenters.